The monoisotopic (exact) mass is 197 g/mol. The Labute approximate surface area is 80.8 Å². The predicted octanol–water partition coefficient (Wildman–Crippen LogP) is 3.24. The second-order valence-electron chi connectivity index (χ2n) is 2.58. The summed E-state index contributed by atoms with van der Waals surface area (Å²) in [7, 11) is 0. The number of hydrogen-bond donors (Lipinski definition) is 0. The van der Waals surface area contributed by atoms with E-state index in [2.05, 4.69) is 17.1 Å². The van der Waals surface area contributed by atoms with Crippen molar-refractivity contribution in [2.24, 2.45) is 0 Å². The Bertz CT molecular complexity index is 322. The van der Waals surface area contributed by atoms with E-state index in [4.69, 9.17) is 11.6 Å². The molecule has 0 amide bonds. The highest BCUT2D eigenvalue weighted by Crippen LogP contribution is 2.28. The summed E-state index contributed by atoms with van der Waals surface area (Å²) >= 11 is 7.64. The molecule has 0 bridgehead atoms. The average molecular weight is 198 g/mol. The lowest BCUT2D eigenvalue weighted by Gasteiger charge is -2.01. The predicted molar refractivity (Wildman–Crippen MR) is 53.6 cm³/mol. The number of aromatic nitrogens is 1. The second kappa shape index (κ2) is 3.50. The summed E-state index contributed by atoms with van der Waals surface area (Å²) in [5, 5.41) is 0.719. The van der Waals surface area contributed by atoms with Crippen LogP contribution in [0.4, 0.5) is 0 Å². The molecule has 0 radical (unpaired) electrons. The molecule has 1 aromatic rings. The Morgan fingerprint density at radius 1 is 1.50 bits per heavy atom. The maximum Gasteiger partial charge on any atom is 0.0763 e. The largest absolute Gasteiger partial charge is 0.254 e. The average Bonchev–Trinajstić information content (AvgIpc) is 2.28. The SMILES string of the molecule is Clc1cnc2c(c1)SCCC=C2. The van der Waals surface area contributed by atoms with Gasteiger partial charge in [-0.25, -0.2) is 0 Å². The van der Waals surface area contributed by atoms with Gasteiger partial charge in [0.15, 0.2) is 0 Å². The van der Waals surface area contributed by atoms with E-state index in [1.807, 2.05) is 17.8 Å². The van der Waals surface area contributed by atoms with Gasteiger partial charge < -0.3 is 0 Å². The van der Waals surface area contributed by atoms with Crippen LogP contribution >= 0.6 is 23.4 Å². The second-order valence-corrected chi connectivity index (χ2v) is 4.15. The van der Waals surface area contributed by atoms with Crippen LogP contribution in [-0.4, -0.2) is 10.7 Å². The molecule has 0 saturated heterocycles. The smallest absolute Gasteiger partial charge is 0.0763 e. The number of rotatable bonds is 0. The first-order valence-electron chi connectivity index (χ1n) is 3.81. The lowest BCUT2D eigenvalue weighted by atomic mass is 10.3. The molecule has 0 atom stereocenters. The van der Waals surface area contributed by atoms with Gasteiger partial charge in [-0.1, -0.05) is 17.7 Å². The van der Waals surface area contributed by atoms with Crippen molar-refractivity contribution in [1.82, 2.24) is 4.98 Å². The molecule has 1 aliphatic rings. The van der Waals surface area contributed by atoms with E-state index in [0.29, 0.717) is 0 Å². The Morgan fingerprint density at radius 3 is 3.33 bits per heavy atom. The molecule has 1 nitrogen and oxygen atoms in total. The summed E-state index contributed by atoms with van der Waals surface area (Å²) in [6, 6.07) is 1.98. The van der Waals surface area contributed by atoms with Crippen molar-refractivity contribution >= 4 is 29.4 Å². The van der Waals surface area contributed by atoms with Gasteiger partial charge in [0.05, 0.1) is 10.7 Å². The van der Waals surface area contributed by atoms with Gasteiger partial charge in [0.1, 0.15) is 0 Å². The maximum absolute atomic E-state index is 5.83. The van der Waals surface area contributed by atoms with E-state index in [1.54, 1.807) is 6.20 Å². The highest BCUT2D eigenvalue weighted by atomic mass is 35.5. The number of allylic oxidation sites excluding steroid dienone is 1. The van der Waals surface area contributed by atoms with E-state index >= 15 is 0 Å². The highest BCUT2D eigenvalue weighted by Gasteiger charge is 2.05. The van der Waals surface area contributed by atoms with Crippen LogP contribution in [0.25, 0.3) is 6.08 Å². The third-order valence-corrected chi connectivity index (χ3v) is 2.95. The Morgan fingerprint density at radius 2 is 2.42 bits per heavy atom. The zero-order valence-electron chi connectivity index (χ0n) is 6.46. The van der Waals surface area contributed by atoms with Crippen LogP contribution in [-0.2, 0) is 0 Å². The normalized spacial score (nSPS) is 15.4. The van der Waals surface area contributed by atoms with E-state index in [-0.39, 0.29) is 0 Å². The fourth-order valence-electron chi connectivity index (χ4n) is 1.10. The van der Waals surface area contributed by atoms with Gasteiger partial charge >= 0.3 is 0 Å². The molecule has 3 heteroatoms. The highest BCUT2D eigenvalue weighted by molar-refractivity contribution is 7.99. The number of fused-ring (bicyclic) bond motifs is 1. The van der Waals surface area contributed by atoms with Gasteiger partial charge in [0.2, 0.25) is 0 Å². The first-order chi connectivity index (χ1) is 5.86. The number of thioether (sulfide) groups is 1. The van der Waals surface area contributed by atoms with Gasteiger partial charge in [-0.15, -0.1) is 11.8 Å². The first kappa shape index (κ1) is 8.14. The van der Waals surface area contributed by atoms with Crippen LogP contribution in [0, 0.1) is 0 Å². The quantitative estimate of drug-likeness (QED) is 0.634. The van der Waals surface area contributed by atoms with Gasteiger partial charge in [-0.2, -0.15) is 0 Å². The standard InChI is InChI=1S/C9H8ClNS/c10-7-5-9-8(11-6-7)3-1-2-4-12-9/h1,3,5-6H,2,4H2. The number of nitrogens with zero attached hydrogens (tertiary/aromatic N) is 1. The summed E-state index contributed by atoms with van der Waals surface area (Å²) < 4.78 is 0. The van der Waals surface area contributed by atoms with Crippen LogP contribution in [0.3, 0.4) is 0 Å². The van der Waals surface area contributed by atoms with E-state index in [1.165, 1.54) is 4.90 Å². The Balaban J connectivity index is 2.46. The molecule has 0 spiro atoms. The minimum Gasteiger partial charge on any atom is -0.254 e. The van der Waals surface area contributed by atoms with E-state index in [9.17, 15) is 0 Å². The van der Waals surface area contributed by atoms with Crippen molar-refractivity contribution in [2.75, 3.05) is 5.75 Å². The molecule has 0 fully saturated rings. The van der Waals surface area contributed by atoms with Crippen molar-refractivity contribution in [3.63, 3.8) is 0 Å². The van der Waals surface area contributed by atoms with Crippen LogP contribution in [0.5, 0.6) is 0 Å². The van der Waals surface area contributed by atoms with Crippen molar-refractivity contribution in [3.8, 4) is 0 Å². The summed E-state index contributed by atoms with van der Waals surface area (Å²) in [6.45, 7) is 0. The molecule has 2 rings (SSSR count). The first-order valence-corrected chi connectivity index (χ1v) is 5.17. The molecule has 1 aliphatic heterocycles. The van der Waals surface area contributed by atoms with Crippen molar-refractivity contribution in [3.05, 3.63) is 29.1 Å². The molecule has 62 valence electrons. The molecule has 0 aromatic carbocycles. The minimum absolute atomic E-state index is 0.719. The van der Waals surface area contributed by atoms with Crippen LogP contribution in [0.2, 0.25) is 5.02 Å². The number of halogens is 1. The third-order valence-electron chi connectivity index (χ3n) is 1.67. The van der Waals surface area contributed by atoms with Crippen LogP contribution in [0.1, 0.15) is 12.1 Å². The molecule has 1 aromatic heterocycles. The molecule has 0 aliphatic carbocycles. The number of hydrogen-bond acceptors (Lipinski definition) is 2. The maximum atomic E-state index is 5.83. The van der Waals surface area contributed by atoms with Gasteiger partial charge in [-0.05, 0) is 18.6 Å². The number of pyridine rings is 1. The fraction of sp³-hybridized carbons (Fsp3) is 0.222. The Kier molecular flexibility index (Phi) is 2.38. The van der Waals surface area contributed by atoms with E-state index < -0.39 is 0 Å². The van der Waals surface area contributed by atoms with Crippen LogP contribution < -0.4 is 0 Å². The van der Waals surface area contributed by atoms with E-state index in [0.717, 1.165) is 22.9 Å². The van der Waals surface area contributed by atoms with Crippen LogP contribution in [0.15, 0.2) is 23.2 Å². The lowest BCUT2D eigenvalue weighted by Crippen LogP contribution is -1.83. The molecular formula is C9H8ClNS. The zero-order chi connectivity index (χ0) is 8.39. The fourth-order valence-corrected chi connectivity index (χ4v) is 2.28. The van der Waals surface area contributed by atoms with Gasteiger partial charge in [0.25, 0.3) is 0 Å². The van der Waals surface area contributed by atoms with Crippen molar-refractivity contribution < 1.29 is 0 Å². The molecule has 0 unspecified atom stereocenters. The molecule has 12 heavy (non-hydrogen) atoms. The molecular weight excluding hydrogens is 190 g/mol. The Hall–Kier alpha value is -0.470. The zero-order valence-corrected chi connectivity index (χ0v) is 8.03. The molecule has 2 heterocycles. The summed E-state index contributed by atoms with van der Waals surface area (Å²) in [5.41, 5.74) is 1.04. The summed E-state index contributed by atoms with van der Waals surface area (Å²) in [5.74, 6) is 1.12. The lowest BCUT2D eigenvalue weighted by molar-refractivity contribution is 1.21. The molecule has 0 saturated carbocycles. The van der Waals surface area contributed by atoms with Crippen molar-refractivity contribution in [1.29, 1.82) is 0 Å². The summed E-state index contributed by atoms with van der Waals surface area (Å²) in [4.78, 5) is 5.43. The van der Waals surface area contributed by atoms with Crippen molar-refractivity contribution in [2.45, 2.75) is 11.3 Å². The summed E-state index contributed by atoms with van der Waals surface area (Å²) in [6.07, 6.45) is 7.01. The molecule has 0 N–H and O–H groups in total. The third kappa shape index (κ3) is 1.65. The van der Waals surface area contributed by atoms with Gasteiger partial charge in [0, 0.05) is 16.8 Å². The minimum atomic E-state index is 0.719. The van der Waals surface area contributed by atoms with Gasteiger partial charge in [-0.3, -0.25) is 4.98 Å². The topological polar surface area (TPSA) is 12.9 Å².